The van der Waals surface area contributed by atoms with Crippen LogP contribution >= 0.6 is 0 Å². The highest BCUT2D eigenvalue weighted by Crippen LogP contribution is 2.18. The molecule has 1 aromatic carbocycles. The van der Waals surface area contributed by atoms with Gasteiger partial charge in [-0.15, -0.1) is 0 Å². The molecule has 0 saturated heterocycles. The molecule has 0 spiro atoms. The lowest BCUT2D eigenvalue weighted by atomic mass is 10.2. The van der Waals surface area contributed by atoms with Crippen LogP contribution in [-0.4, -0.2) is 51.6 Å². The van der Waals surface area contributed by atoms with Crippen molar-refractivity contribution >= 4 is 0 Å². The second kappa shape index (κ2) is 10.4. The number of aliphatic hydroxyl groups is 3. The molecule has 0 radical (unpaired) electrons. The van der Waals surface area contributed by atoms with E-state index in [0.717, 1.165) is 0 Å². The van der Waals surface area contributed by atoms with Crippen molar-refractivity contribution in [3.63, 3.8) is 0 Å². The first-order chi connectivity index (χ1) is 9.93. The number of phenols is 1. The van der Waals surface area contributed by atoms with E-state index in [2.05, 4.69) is 0 Å². The van der Waals surface area contributed by atoms with Crippen molar-refractivity contribution in [2.45, 2.75) is 52.3 Å². The van der Waals surface area contributed by atoms with Gasteiger partial charge in [0, 0.05) is 0 Å². The van der Waals surface area contributed by atoms with Gasteiger partial charge in [-0.3, -0.25) is 0 Å². The molecule has 21 heavy (non-hydrogen) atoms. The third kappa shape index (κ3) is 7.29. The van der Waals surface area contributed by atoms with Crippen molar-refractivity contribution < 1.29 is 29.9 Å². The highest BCUT2D eigenvalue weighted by Gasteiger charge is 2.23. The zero-order valence-electron chi connectivity index (χ0n) is 12.9. The molecule has 0 amide bonds. The Bertz CT molecular complexity index is 365. The first-order valence-electron chi connectivity index (χ1n) is 7.02. The van der Waals surface area contributed by atoms with E-state index in [1.165, 1.54) is 31.2 Å². The monoisotopic (exact) mass is 302 g/mol. The Kier molecular flexibility index (Phi) is 9.73. The first-order valence-corrected chi connectivity index (χ1v) is 7.02. The summed E-state index contributed by atoms with van der Waals surface area (Å²) >= 11 is 0. The van der Waals surface area contributed by atoms with E-state index in [0.29, 0.717) is 5.75 Å². The molecule has 0 aliphatic carbocycles. The molecule has 1 rings (SSSR count). The van der Waals surface area contributed by atoms with Crippen LogP contribution in [0.4, 0.5) is 0 Å². The van der Waals surface area contributed by atoms with Crippen LogP contribution in [0.3, 0.4) is 0 Å². The summed E-state index contributed by atoms with van der Waals surface area (Å²) in [5, 5.41) is 37.2. The molecule has 0 fully saturated rings. The van der Waals surface area contributed by atoms with Gasteiger partial charge in [-0.2, -0.15) is 0 Å². The molecule has 4 atom stereocenters. The maximum absolute atomic E-state index is 9.79. The van der Waals surface area contributed by atoms with Crippen LogP contribution in [0.2, 0.25) is 0 Å². The minimum Gasteiger partial charge on any atom is -0.508 e. The van der Waals surface area contributed by atoms with Crippen LogP contribution in [-0.2, 0) is 4.74 Å². The summed E-state index contributed by atoms with van der Waals surface area (Å²) in [6.45, 7) is 6.70. The summed E-state index contributed by atoms with van der Waals surface area (Å²) in [5.41, 5.74) is 0. The fourth-order valence-corrected chi connectivity index (χ4v) is 1.41. The van der Waals surface area contributed by atoms with Gasteiger partial charge in [0.2, 0.25) is 6.29 Å². The third-order valence-electron chi connectivity index (χ3n) is 2.60. The molecule has 122 valence electrons. The maximum Gasteiger partial charge on any atom is 0.223 e. The number of phenolic OH excluding ortho intramolecular Hbond substituents is 1. The summed E-state index contributed by atoms with van der Waals surface area (Å²) in [4.78, 5) is 0. The zero-order valence-corrected chi connectivity index (χ0v) is 12.9. The largest absolute Gasteiger partial charge is 0.508 e. The van der Waals surface area contributed by atoms with Gasteiger partial charge in [0.15, 0.2) is 0 Å². The summed E-state index contributed by atoms with van der Waals surface area (Å²) in [5.74, 6) is 0.471. The predicted molar refractivity (Wildman–Crippen MR) is 79.2 cm³/mol. The molecule has 6 nitrogen and oxygen atoms in total. The Morgan fingerprint density at radius 2 is 1.57 bits per heavy atom. The van der Waals surface area contributed by atoms with Gasteiger partial charge in [0.25, 0.3) is 0 Å². The first kappa shape index (κ1) is 19.7. The second-order valence-corrected chi connectivity index (χ2v) is 4.31. The van der Waals surface area contributed by atoms with Crippen LogP contribution in [0.25, 0.3) is 0 Å². The number of aliphatic hydroxyl groups excluding tert-OH is 3. The van der Waals surface area contributed by atoms with Crippen LogP contribution in [0, 0.1) is 0 Å². The fourth-order valence-electron chi connectivity index (χ4n) is 1.41. The highest BCUT2D eigenvalue weighted by molar-refractivity contribution is 5.30. The molecule has 0 aliphatic rings. The predicted octanol–water partition coefficient (Wildman–Crippen LogP) is 1.26. The van der Waals surface area contributed by atoms with Crippen LogP contribution < -0.4 is 4.74 Å². The maximum atomic E-state index is 9.79. The molecule has 0 heterocycles. The van der Waals surface area contributed by atoms with Gasteiger partial charge >= 0.3 is 0 Å². The van der Waals surface area contributed by atoms with Crippen molar-refractivity contribution in [3.05, 3.63) is 24.3 Å². The van der Waals surface area contributed by atoms with E-state index in [9.17, 15) is 10.2 Å². The molecule has 0 saturated carbocycles. The van der Waals surface area contributed by atoms with E-state index >= 15 is 0 Å². The van der Waals surface area contributed by atoms with Crippen LogP contribution in [0.5, 0.6) is 11.5 Å². The SMILES string of the molecule is CC.CC(O)C(CO)OC(C)C(O)Oc1ccc(O)cc1. The van der Waals surface area contributed by atoms with Crippen LogP contribution in [0.1, 0.15) is 27.7 Å². The van der Waals surface area contributed by atoms with Crippen molar-refractivity contribution in [1.29, 1.82) is 0 Å². The smallest absolute Gasteiger partial charge is 0.223 e. The number of aromatic hydroxyl groups is 1. The molecular formula is C15H26O6. The molecule has 0 bridgehead atoms. The Hall–Kier alpha value is -1.34. The fraction of sp³-hybridized carbons (Fsp3) is 0.600. The zero-order chi connectivity index (χ0) is 16.4. The van der Waals surface area contributed by atoms with Crippen molar-refractivity contribution in [2.75, 3.05) is 6.61 Å². The van der Waals surface area contributed by atoms with Gasteiger partial charge in [-0.1, -0.05) is 13.8 Å². The quantitative estimate of drug-likeness (QED) is 0.566. The number of rotatable bonds is 7. The topological polar surface area (TPSA) is 99.4 Å². The summed E-state index contributed by atoms with van der Waals surface area (Å²) in [6.07, 6.45) is -3.63. The molecule has 1 aromatic rings. The summed E-state index contributed by atoms with van der Waals surface area (Å²) in [7, 11) is 0. The van der Waals surface area contributed by atoms with Crippen molar-refractivity contribution in [3.8, 4) is 11.5 Å². The number of benzene rings is 1. The molecule has 4 unspecified atom stereocenters. The second-order valence-electron chi connectivity index (χ2n) is 4.31. The normalized spacial score (nSPS) is 16.1. The molecule has 6 heteroatoms. The lowest BCUT2D eigenvalue weighted by molar-refractivity contribution is -0.168. The average Bonchev–Trinajstić information content (AvgIpc) is 2.48. The third-order valence-corrected chi connectivity index (χ3v) is 2.60. The van der Waals surface area contributed by atoms with E-state index in [1.54, 1.807) is 6.92 Å². The number of hydrogen-bond donors (Lipinski definition) is 4. The van der Waals surface area contributed by atoms with Gasteiger partial charge in [0.1, 0.15) is 23.7 Å². The Morgan fingerprint density at radius 3 is 2.00 bits per heavy atom. The Balaban J connectivity index is 0.00000191. The van der Waals surface area contributed by atoms with E-state index in [-0.39, 0.29) is 12.4 Å². The van der Waals surface area contributed by atoms with Gasteiger partial charge in [-0.05, 0) is 38.1 Å². The molecule has 0 aromatic heterocycles. The molecule has 4 N–H and O–H groups in total. The molecular weight excluding hydrogens is 276 g/mol. The van der Waals surface area contributed by atoms with Crippen LogP contribution in [0.15, 0.2) is 24.3 Å². The minimum atomic E-state index is -1.25. The minimum absolute atomic E-state index is 0.0978. The lowest BCUT2D eigenvalue weighted by Crippen LogP contribution is -2.40. The number of ether oxygens (including phenoxy) is 2. The van der Waals surface area contributed by atoms with Crippen molar-refractivity contribution in [2.24, 2.45) is 0 Å². The van der Waals surface area contributed by atoms with E-state index in [1.807, 2.05) is 13.8 Å². The van der Waals surface area contributed by atoms with Gasteiger partial charge in [0.05, 0.1) is 12.7 Å². The van der Waals surface area contributed by atoms with E-state index in [4.69, 9.17) is 19.7 Å². The summed E-state index contributed by atoms with van der Waals surface area (Å²) in [6, 6.07) is 5.87. The highest BCUT2D eigenvalue weighted by atomic mass is 16.6. The Labute approximate surface area is 125 Å². The average molecular weight is 302 g/mol. The van der Waals surface area contributed by atoms with Gasteiger partial charge < -0.3 is 29.9 Å². The number of hydrogen-bond acceptors (Lipinski definition) is 6. The standard InChI is InChI=1S/C13H20O6.C2H6/c1-8(15)12(7-14)18-9(2)13(17)19-11-5-3-10(16)4-6-11;1-2/h3-6,8-9,12-17H,7H2,1-2H3;1-2H3. The van der Waals surface area contributed by atoms with Gasteiger partial charge in [-0.25, -0.2) is 0 Å². The van der Waals surface area contributed by atoms with E-state index < -0.39 is 24.6 Å². The Morgan fingerprint density at radius 1 is 1.05 bits per heavy atom. The molecule has 0 aliphatic heterocycles. The lowest BCUT2D eigenvalue weighted by Gasteiger charge is -2.26. The summed E-state index contributed by atoms with van der Waals surface area (Å²) < 4.78 is 10.5. The van der Waals surface area contributed by atoms with Crippen molar-refractivity contribution in [1.82, 2.24) is 0 Å².